The van der Waals surface area contributed by atoms with Crippen molar-refractivity contribution in [1.82, 2.24) is 9.47 Å². The number of ether oxygens (including phenoxy) is 1. The molecule has 0 spiro atoms. The Hall–Kier alpha value is -3.10. The average molecular weight is 430 g/mol. The minimum atomic E-state index is -0.570. The number of hydrogen-bond donors (Lipinski definition) is 0. The maximum Gasteiger partial charge on any atom is 0.419 e. The summed E-state index contributed by atoms with van der Waals surface area (Å²) >= 11 is 0. The van der Waals surface area contributed by atoms with Crippen molar-refractivity contribution in [1.29, 1.82) is 5.26 Å². The van der Waals surface area contributed by atoms with Crippen LogP contribution in [-0.4, -0.2) is 34.3 Å². The lowest BCUT2D eigenvalue weighted by Gasteiger charge is -2.24. The molecule has 2 atom stereocenters. The van der Waals surface area contributed by atoms with E-state index in [1.165, 1.54) is 5.56 Å². The Bertz CT molecular complexity index is 1150. The summed E-state index contributed by atoms with van der Waals surface area (Å²) in [5.41, 5.74) is 3.29. The van der Waals surface area contributed by atoms with Crippen molar-refractivity contribution in [3.05, 3.63) is 71.4 Å². The summed E-state index contributed by atoms with van der Waals surface area (Å²) in [6, 6.07) is 18.8. The van der Waals surface area contributed by atoms with Crippen molar-refractivity contribution in [2.75, 3.05) is 7.05 Å². The van der Waals surface area contributed by atoms with Crippen LogP contribution in [0, 0.1) is 11.3 Å². The van der Waals surface area contributed by atoms with Crippen LogP contribution in [0.4, 0.5) is 4.79 Å². The first kappa shape index (κ1) is 22.1. The van der Waals surface area contributed by atoms with E-state index in [4.69, 9.17) is 4.74 Å². The van der Waals surface area contributed by atoms with Crippen LogP contribution in [0.5, 0.6) is 0 Å². The fourth-order valence-corrected chi connectivity index (χ4v) is 4.75. The SMILES string of the molecule is CN(Cc1ccccc1)C1CCC(c2cn(C(=O)OC(C)(C)C)c3ccc(C#N)cc23)C1. The molecule has 1 saturated carbocycles. The van der Waals surface area contributed by atoms with E-state index in [0.29, 0.717) is 17.5 Å². The van der Waals surface area contributed by atoms with E-state index >= 15 is 0 Å². The third-order valence-corrected chi connectivity index (χ3v) is 6.30. The summed E-state index contributed by atoms with van der Waals surface area (Å²) in [7, 11) is 2.19. The second kappa shape index (κ2) is 8.80. The summed E-state index contributed by atoms with van der Waals surface area (Å²) in [5, 5.41) is 10.4. The Balaban J connectivity index is 1.61. The van der Waals surface area contributed by atoms with Crippen molar-refractivity contribution in [2.45, 2.75) is 64.1 Å². The smallest absolute Gasteiger partial charge is 0.419 e. The van der Waals surface area contributed by atoms with Crippen molar-refractivity contribution in [3.63, 3.8) is 0 Å². The molecular formula is C27H31N3O2. The molecule has 1 heterocycles. The lowest BCUT2D eigenvalue weighted by atomic mass is 9.96. The number of rotatable bonds is 4. The van der Waals surface area contributed by atoms with E-state index in [1.54, 1.807) is 10.6 Å². The van der Waals surface area contributed by atoms with Gasteiger partial charge in [0.2, 0.25) is 0 Å². The van der Waals surface area contributed by atoms with Crippen LogP contribution in [0.1, 0.15) is 62.6 Å². The van der Waals surface area contributed by atoms with Gasteiger partial charge in [-0.15, -0.1) is 0 Å². The van der Waals surface area contributed by atoms with Gasteiger partial charge in [0.1, 0.15) is 5.60 Å². The van der Waals surface area contributed by atoms with Gasteiger partial charge in [-0.25, -0.2) is 4.79 Å². The van der Waals surface area contributed by atoms with Gasteiger partial charge in [-0.1, -0.05) is 30.3 Å². The Morgan fingerprint density at radius 1 is 1.19 bits per heavy atom. The zero-order valence-electron chi connectivity index (χ0n) is 19.3. The molecule has 1 aliphatic rings. The number of nitriles is 1. The third-order valence-electron chi connectivity index (χ3n) is 6.30. The molecular weight excluding hydrogens is 398 g/mol. The first-order valence-electron chi connectivity index (χ1n) is 11.3. The second-order valence-electron chi connectivity index (χ2n) is 9.84. The molecule has 0 bridgehead atoms. The second-order valence-corrected chi connectivity index (χ2v) is 9.84. The summed E-state index contributed by atoms with van der Waals surface area (Å²) in [6.07, 6.45) is 4.77. The molecule has 0 amide bonds. The number of carbonyl (C=O) groups is 1. The lowest BCUT2D eigenvalue weighted by molar-refractivity contribution is 0.0544. The molecule has 0 radical (unpaired) electrons. The van der Waals surface area contributed by atoms with Crippen molar-refractivity contribution < 1.29 is 9.53 Å². The number of carbonyl (C=O) groups excluding carboxylic acids is 1. The Kier molecular flexibility index (Phi) is 6.08. The highest BCUT2D eigenvalue weighted by molar-refractivity contribution is 5.93. The van der Waals surface area contributed by atoms with Crippen LogP contribution in [-0.2, 0) is 11.3 Å². The lowest BCUT2D eigenvalue weighted by Crippen LogP contribution is -2.28. The number of nitrogens with zero attached hydrogens (tertiary/aromatic N) is 3. The molecule has 1 aliphatic carbocycles. The fourth-order valence-electron chi connectivity index (χ4n) is 4.75. The molecule has 0 saturated heterocycles. The molecule has 5 nitrogen and oxygen atoms in total. The van der Waals surface area contributed by atoms with Crippen LogP contribution in [0.25, 0.3) is 10.9 Å². The fraction of sp³-hybridized carbons (Fsp3) is 0.407. The Morgan fingerprint density at radius 3 is 2.62 bits per heavy atom. The van der Waals surface area contributed by atoms with Crippen molar-refractivity contribution in [3.8, 4) is 6.07 Å². The summed E-state index contributed by atoms with van der Waals surface area (Å²) in [6.45, 7) is 6.54. The number of fused-ring (bicyclic) bond motifs is 1. The minimum absolute atomic E-state index is 0.346. The van der Waals surface area contributed by atoms with Gasteiger partial charge < -0.3 is 4.74 Å². The molecule has 166 valence electrons. The molecule has 2 aromatic carbocycles. The predicted molar refractivity (Wildman–Crippen MR) is 127 cm³/mol. The van der Waals surface area contributed by atoms with Gasteiger partial charge in [0, 0.05) is 24.2 Å². The average Bonchev–Trinajstić information content (AvgIpc) is 3.38. The first-order chi connectivity index (χ1) is 15.2. The maximum absolute atomic E-state index is 12.9. The third kappa shape index (κ3) is 4.71. The Morgan fingerprint density at radius 2 is 1.94 bits per heavy atom. The summed E-state index contributed by atoms with van der Waals surface area (Å²) in [5.74, 6) is 0.346. The number of hydrogen-bond acceptors (Lipinski definition) is 4. The normalized spacial score (nSPS) is 18.8. The van der Waals surface area contributed by atoms with E-state index < -0.39 is 5.60 Å². The number of aromatic nitrogens is 1. The molecule has 32 heavy (non-hydrogen) atoms. The molecule has 3 aromatic rings. The molecule has 0 N–H and O–H groups in total. The van der Waals surface area contributed by atoms with Crippen LogP contribution in [0.3, 0.4) is 0 Å². The van der Waals surface area contributed by atoms with E-state index in [-0.39, 0.29) is 6.09 Å². The topological polar surface area (TPSA) is 58.3 Å². The van der Waals surface area contributed by atoms with E-state index in [0.717, 1.165) is 42.3 Å². The predicted octanol–water partition coefficient (Wildman–Crippen LogP) is 6.06. The van der Waals surface area contributed by atoms with Crippen LogP contribution < -0.4 is 0 Å². The molecule has 1 fully saturated rings. The largest absolute Gasteiger partial charge is 0.443 e. The standard InChI is InChI=1S/C27H31N3O2/c1-27(2,3)32-26(31)30-18-24(23-14-20(16-28)10-13-25(23)30)21-11-12-22(15-21)29(4)17-19-8-6-5-7-9-19/h5-10,13-14,18,21-22H,11-12,15,17H2,1-4H3. The molecule has 1 aromatic heterocycles. The van der Waals surface area contributed by atoms with Crippen molar-refractivity contribution >= 4 is 17.0 Å². The number of benzene rings is 2. The maximum atomic E-state index is 12.9. The van der Waals surface area contributed by atoms with E-state index in [2.05, 4.69) is 42.3 Å². The monoisotopic (exact) mass is 429 g/mol. The highest BCUT2D eigenvalue weighted by atomic mass is 16.6. The zero-order valence-corrected chi connectivity index (χ0v) is 19.3. The van der Waals surface area contributed by atoms with Gasteiger partial charge >= 0.3 is 6.09 Å². The van der Waals surface area contributed by atoms with Crippen LogP contribution in [0.15, 0.2) is 54.7 Å². The molecule has 5 heteroatoms. The molecule has 2 unspecified atom stereocenters. The highest BCUT2D eigenvalue weighted by Gasteiger charge is 2.31. The van der Waals surface area contributed by atoms with Crippen molar-refractivity contribution in [2.24, 2.45) is 0 Å². The van der Waals surface area contributed by atoms with Gasteiger partial charge in [0.15, 0.2) is 0 Å². The van der Waals surface area contributed by atoms with Gasteiger partial charge in [-0.05, 0) is 82.3 Å². The first-order valence-corrected chi connectivity index (χ1v) is 11.3. The minimum Gasteiger partial charge on any atom is -0.443 e. The summed E-state index contributed by atoms with van der Waals surface area (Å²) < 4.78 is 7.25. The van der Waals surface area contributed by atoms with Crippen LogP contribution >= 0.6 is 0 Å². The van der Waals surface area contributed by atoms with Gasteiger partial charge in [0.05, 0.1) is 17.1 Å². The highest BCUT2D eigenvalue weighted by Crippen LogP contribution is 2.41. The van der Waals surface area contributed by atoms with E-state index in [9.17, 15) is 10.1 Å². The van der Waals surface area contributed by atoms with Gasteiger partial charge in [-0.3, -0.25) is 9.47 Å². The molecule has 0 aliphatic heterocycles. The summed E-state index contributed by atoms with van der Waals surface area (Å²) in [4.78, 5) is 15.3. The molecule has 4 rings (SSSR count). The zero-order chi connectivity index (χ0) is 22.9. The van der Waals surface area contributed by atoms with Gasteiger partial charge in [0.25, 0.3) is 0 Å². The van der Waals surface area contributed by atoms with Gasteiger partial charge in [-0.2, -0.15) is 5.26 Å². The van der Waals surface area contributed by atoms with E-state index in [1.807, 2.05) is 45.2 Å². The Labute approximate surface area is 190 Å². The van der Waals surface area contributed by atoms with Crippen LogP contribution in [0.2, 0.25) is 0 Å². The quantitative estimate of drug-likeness (QED) is 0.505.